The Bertz CT molecular complexity index is 1180. The van der Waals surface area contributed by atoms with Gasteiger partial charge in [-0.1, -0.05) is 6.42 Å². The van der Waals surface area contributed by atoms with E-state index >= 15 is 0 Å². The first-order valence-electron chi connectivity index (χ1n) is 11.6. The zero-order valence-electron chi connectivity index (χ0n) is 17.7. The molecule has 4 aliphatic rings. The van der Waals surface area contributed by atoms with E-state index in [1.807, 2.05) is 10.6 Å². The van der Waals surface area contributed by atoms with E-state index in [2.05, 4.69) is 10.3 Å². The van der Waals surface area contributed by atoms with Gasteiger partial charge >= 0.3 is 0 Å². The predicted molar refractivity (Wildman–Crippen MR) is 119 cm³/mol. The van der Waals surface area contributed by atoms with E-state index in [0.717, 1.165) is 43.1 Å². The highest BCUT2D eigenvalue weighted by atomic mass is 32.2. The van der Waals surface area contributed by atoms with E-state index in [9.17, 15) is 13.2 Å². The Kier molecular flexibility index (Phi) is 4.44. The summed E-state index contributed by atoms with van der Waals surface area (Å²) < 4.78 is 28.5. The van der Waals surface area contributed by atoms with E-state index in [-0.39, 0.29) is 22.9 Å². The van der Waals surface area contributed by atoms with Crippen molar-refractivity contribution < 1.29 is 8.42 Å². The first-order chi connectivity index (χ1) is 15.0. The van der Waals surface area contributed by atoms with Crippen LogP contribution in [0.3, 0.4) is 0 Å². The topological polar surface area (TPSA) is 97.2 Å². The Morgan fingerprint density at radius 3 is 2.52 bits per heavy atom. The summed E-state index contributed by atoms with van der Waals surface area (Å²) in [7, 11) is -3.10. The van der Waals surface area contributed by atoms with Crippen molar-refractivity contribution in [3.05, 3.63) is 28.7 Å². The molecule has 8 nitrogen and oxygen atoms in total. The molecule has 1 spiro atoms. The van der Waals surface area contributed by atoms with Crippen LogP contribution in [0.25, 0.3) is 11.0 Å². The minimum absolute atomic E-state index is 0.0221. The fourth-order valence-corrected chi connectivity index (χ4v) is 7.56. The van der Waals surface area contributed by atoms with Gasteiger partial charge in [0.25, 0.3) is 5.56 Å². The molecule has 31 heavy (non-hydrogen) atoms. The van der Waals surface area contributed by atoms with Crippen molar-refractivity contribution in [2.24, 2.45) is 5.41 Å². The zero-order valence-corrected chi connectivity index (χ0v) is 18.5. The number of nitrogens with zero attached hydrogens (tertiary/aromatic N) is 4. The number of pyridine rings is 1. The smallest absolute Gasteiger partial charge is 0.252 e. The Morgan fingerprint density at radius 2 is 1.81 bits per heavy atom. The molecule has 2 aromatic heterocycles. The van der Waals surface area contributed by atoms with Gasteiger partial charge in [0.1, 0.15) is 5.65 Å². The molecule has 1 aliphatic heterocycles. The normalized spacial score (nSPS) is 26.5. The van der Waals surface area contributed by atoms with Crippen LogP contribution in [0.15, 0.2) is 23.1 Å². The zero-order chi connectivity index (χ0) is 21.2. The number of nitrogens with one attached hydrogen (secondary N) is 1. The van der Waals surface area contributed by atoms with Crippen LogP contribution < -0.4 is 10.9 Å². The first-order valence-corrected chi connectivity index (χ1v) is 13.1. The van der Waals surface area contributed by atoms with E-state index in [0.29, 0.717) is 24.5 Å². The van der Waals surface area contributed by atoms with Gasteiger partial charge in [-0.05, 0) is 62.8 Å². The maximum atomic E-state index is 12.8. The second-order valence-corrected chi connectivity index (χ2v) is 12.1. The third-order valence-electron chi connectivity index (χ3n) is 7.82. The maximum Gasteiger partial charge on any atom is 0.252 e. The minimum atomic E-state index is -3.10. The number of piperidine rings is 1. The molecule has 3 saturated carbocycles. The molecule has 0 aromatic carbocycles. The van der Waals surface area contributed by atoms with Crippen LogP contribution in [0.5, 0.6) is 0 Å². The van der Waals surface area contributed by atoms with Gasteiger partial charge in [0.05, 0.1) is 5.25 Å². The van der Waals surface area contributed by atoms with Gasteiger partial charge in [0.2, 0.25) is 16.0 Å². The molecule has 6 rings (SSSR count). The molecule has 166 valence electrons. The van der Waals surface area contributed by atoms with Crippen LogP contribution >= 0.6 is 0 Å². The van der Waals surface area contributed by atoms with Crippen molar-refractivity contribution >= 4 is 27.0 Å². The SMILES string of the molecule is O=c1ccc2cnc(NC3CCN(S(=O)(=O)C4CC4)CC3)nc2n1[C@H]1CCCC12CC2. The highest BCUT2D eigenvalue weighted by Crippen LogP contribution is 2.63. The summed E-state index contributed by atoms with van der Waals surface area (Å²) in [6.07, 6.45) is 10.7. The molecule has 0 radical (unpaired) electrons. The highest BCUT2D eigenvalue weighted by Gasteiger charge is 2.53. The lowest BCUT2D eigenvalue weighted by atomic mass is 10.00. The molecule has 0 bridgehead atoms. The number of anilines is 1. The molecule has 3 aliphatic carbocycles. The van der Waals surface area contributed by atoms with Gasteiger partial charge in [-0.15, -0.1) is 0 Å². The fourth-order valence-electron chi connectivity index (χ4n) is 5.69. The van der Waals surface area contributed by atoms with Gasteiger partial charge in [0.15, 0.2) is 0 Å². The quantitative estimate of drug-likeness (QED) is 0.763. The molecule has 4 fully saturated rings. The number of sulfonamides is 1. The first kappa shape index (κ1) is 19.7. The van der Waals surface area contributed by atoms with Crippen LogP contribution in [0.4, 0.5) is 5.95 Å². The molecule has 1 saturated heterocycles. The molecule has 9 heteroatoms. The van der Waals surface area contributed by atoms with Crippen molar-refractivity contribution in [3.8, 4) is 0 Å². The Balaban J connectivity index is 1.23. The highest BCUT2D eigenvalue weighted by molar-refractivity contribution is 7.90. The molecule has 3 heterocycles. The van der Waals surface area contributed by atoms with E-state index in [4.69, 9.17) is 4.98 Å². The van der Waals surface area contributed by atoms with E-state index < -0.39 is 10.0 Å². The standard InChI is InChI=1S/C22H29N5O3S/c28-19-6-3-15-14-23-21(25-20(15)27(19)18-2-1-9-22(18)10-11-22)24-16-7-12-26(13-8-16)31(29,30)17-4-5-17/h3,6,14,16-18H,1-2,4-5,7-13H2,(H,23,24,25)/t18-/m0/s1. The van der Waals surface area contributed by atoms with Crippen LogP contribution in [0, 0.1) is 5.41 Å². The maximum absolute atomic E-state index is 12.8. The Hall–Kier alpha value is -2.00. The summed E-state index contributed by atoms with van der Waals surface area (Å²) in [5.74, 6) is 0.526. The van der Waals surface area contributed by atoms with Gasteiger partial charge in [0, 0.05) is 42.8 Å². The summed E-state index contributed by atoms with van der Waals surface area (Å²) in [6.45, 7) is 1.08. The van der Waals surface area contributed by atoms with Gasteiger partial charge in [-0.3, -0.25) is 9.36 Å². The number of aromatic nitrogens is 3. The molecule has 0 unspecified atom stereocenters. The van der Waals surface area contributed by atoms with Crippen molar-refractivity contribution in [3.63, 3.8) is 0 Å². The minimum Gasteiger partial charge on any atom is -0.351 e. The lowest BCUT2D eigenvalue weighted by Gasteiger charge is -2.31. The number of rotatable bonds is 5. The largest absolute Gasteiger partial charge is 0.351 e. The second kappa shape index (κ2) is 7.00. The average molecular weight is 444 g/mol. The number of fused-ring (bicyclic) bond motifs is 1. The third kappa shape index (κ3) is 3.36. The molecule has 1 N–H and O–H groups in total. The van der Waals surface area contributed by atoms with Crippen LogP contribution in [-0.2, 0) is 10.0 Å². The van der Waals surface area contributed by atoms with E-state index in [1.165, 1.54) is 25.7 Å². The van der Waals surface area contributed by atoms with Crippen LogP contribution in [0.1, 0.15) is 63.8 Å². The second-order valence-electron chi connectivity index (χ2n) is 9.85. The average Bonchev–Trinajstić information content (AvgIpc) is 3.67. The van der Waals surface area contributed by atoms with Crippen molar-refractivity contribution in [2.75, 3.05) is 18.4 Å². The summed E-state index contributed by atoms with van der Waals surface area (Å²) >= 11 is 0. The van der Waals surface area contributed by atoms with Gasteiger partial charge in [-0.25, -0.2) is 17.7 Å². The molecule has 0 amide bonds. The van der Waals surface area contributed by atoms with Gasteiger partial charge in [-0.2, -0.15) is 4.98 Å². The van der Waals surface area contributed by atoms with Gasteiger partial charge < -0.3 is 5.32 Å². The van der Waals surface area contributed by atoms with E-state index in [1.54, 1.807) is 16.6 Å². The fraction of sp³-hybridized carbons (Fsp3) is 0.682. The summed E-state index contributed by atoms with van der Waals surface area (Å²) in [4.78, 5) is 22.1. The molecule has 2 aromatic rings. The summed E-state index contributed by atoms with van der Waals surface area (Å²) in [5, 5.41) is 4.14. The molecule has 1 atom stereocenters. The third-order valence-corrected chi connectivity index (χ3v) is 10.2. The van der Waals surface area contributed by atoms with Crippen molar-refractivity contribution in [1.29, 1.82) is 0 Å². The Labute approximate surface area is 182 Å². The number of hydrogen-bond acceptors (Lipinski definition) is 6. The van der Waals surface area contributed by atoms with Crippen molar-refractivity contribution in [2.45, 2.75) is 75.1 Å². The monoisotopic (exact) mass is 443 g/mol. The van der Waals surface area contributed by atoms with Crippen LogP contribution in [-0.4, -0.2) is 51.6 Å². The lowest BCUT2D eigenvalue weighted by Crippen LogP contribution is -2.43. The number of hydrogen-bond donors (Lipinski definition) is 1. The molecular formula is C22H29N5O3S. The summed E-state index contributed by atoms with van der Waals surface area (Å²) in [6, 6.07) is 3.83. The Morgan fingerprint density at radius 1 is 1.03 bits per heavy atom. The summed E-state index contributed by atoms with van der Waals surface area (Å²) in [5.41, 5.74) is 1.04. The lowest BCUT2D eigenvalue weighted by molar-refractivity contribution is 0.328. The van der Waals surface area contributed by atoms with Crippen LogP contribution in [0.2, 0.25) is 0 Å². The molecular weight excluding hydrogens is 414 g/mol. The predicted octanol–water partition coefficient (Wildman–Crippen LogP) is 2.67. The van der Waals surface area contributed by atoms with Crippen molar-refractivity contribution in [1.82, 2.24) is 18.8 Å².